The first-order chi connectivity index (χ1) is 9.95. The third-order valence-corrected chi connectivity index (χ3v) is 4.14. The number of anilines is 1. The van der Waals surface area contributed by atoms with Gasteiger partial charge < -0.3 is 16.0 Å². The van der Waals surface area contributed by atoms with Gasteiger partial charge in [-0.3, -0.25) is 4.79 Å². The molecule has 1 fully saturated rings. The summed E-state index contributed by atoms with van der Waals surface area (Å²) < 4.78 is 0. The lowest BCUT2D eigenvalue weighted by atomic mass is 10.0. The normalized spacial score (nSPS) is 17.1. The molecule has 1 aliphatic heterocycles. The summed E-state index contributed by atoms with van der Waals surface area (Å²) in [7, 11) is 0. The minimum Gasteiger partial charge on any atom is -0.382 e. The van der Waals surface area contributed by atoms with Crippen LogP contribution in [0.3, 0.4) is 0 Å². The summed E-state index contributed by atoms with van der Waals surface area (Å²) in [4.78, 5) is 13.8. The summed E-state index contributed by atoms with van der Waals surface area (Å²) in [6, 6.07) is 5.80. The molecule has 0 saturated carbocycles. The predicted octanol–water partition coefficient (Wildman–Crippen LogP) is 2.97. The molecule has 5 heteroatoms. The molecule has 0 bridgehead atoms. The van der Waals surface area contributed by atoms with Crippen molar-refractivity contribution in [1.29, 1.82) is 0 Å². The highest BCUT2D eigenvalue weighted by Gasteiger charge is 2.19. The van der Waals surface area contributed by atoms with Crippen molar-refractivity contribution in [2.24, 2.45) is 11.7 Å². The van der Waals surface area contributed by atoms with Gasteiger partial charge in [-0.25, -0.2) is 0 Å². The van der Waals surface area contributed by atoms with Crippen LogP contribution in [0.2, 0.25) is 5.02 Å². The highest BCUT2D eigenvalue weighted by atomic mass is 35.5. The molecule has 1 saturated heterocycles. The van der Waals surface area contributed by atoms with Crippen molar-refractivity contribution in [3.05, 3.63) is 28.8 Å². The number of nitrogens with two attached hydrogens (primary N) is 1. The van der Waals surface area contributed by atoms with Crippen LogP contribution in [-0.2, 0) is 0 Å². The smallest absolute Gasteiger partial charge is 0.250 e. The van der Waals surface area contributed by atoms with Crippen LogP contribution in [0.4, 0.5) is 5.69 Å². The van der Waals surface area contributed by atoms with Gasteiger partial charge >= 0.3 is 0 Å². The van der Waals surface area contributed by atoms with Crippen molar-refractivity contribution >= 4 is 23.2 Å². The van der Waals surface area contributed by atoms with Crippen molar-refractivity contribution in [3.63, 3.8) is 0 Å². The van der Waals surface area contributed by atoms with Crippen molar-refractivity contribution < 1.29 is 4.79 Å². The quantitative estimate of drug-likeness (QED) is 0.879. The van der Waals surface area contributed by atoms with Crippen molar-refractivity contribution in [2.45, 2.75) is 32.7 Å². The van der Waals surface area contributed by atoms with Gasteiger partial charge in [-0.05, 0) is 37.0 Å². The van der Waals surface area contributed by atoms with Gasteiger partial charge in [-0.2, -0.15) is 0 Å². The lowest BCUT2D eigenvalue weighted by Crippen LogP contribution is -2.40. The molecule has 3 N–H and O–H groups in total. The SMILES string of the molecule is CC(C)CN1CCC(Nc2ccc(Cl)c(C(N)=O)c2)CC1. The average Bonchev–Trinajstić information content (AvgIpc) is 2.42. The largest absolute Gasteiger partial charge is 0.382 e. The molecule has 116 valence electrons. The Labute approximate surface area is 131 Å². The summed E-state index contributed by atoms with van der Waals surface area (Å²) in [5.74, 6) is 0.222. The maximum atomic E-state index is 11.3. The van der Waals surface area contributed by atoms with E-state index in [1.54, 1.807) is 12.1 Å². The number of nitrogens with zero attached hydrogens (tertiary/aromatic N) is 1. The number of hydrogen-bond donors (Lipinski definition) is 2. The average molecular weight is 310 g/mol. The molecule has 1 amide bonds. The monoisotopic (exact) mass is 309 g/mol. The minimum absolute atomic E-state index is 0.374. The van der Waals surface area contributed by atoms with Crippen LogP contribution in [0.15, 0.2) is 18.2 Å². The Hall–Kier alpha value is -1.26. The van der Waals surface area contributed by atoms with Gasteiger partial charge in [0.1, 0.15) is 0 Å². The van der Waals surface area contributed by atoms with Crippen LogP contribution in [0, 0.1) is 5.92 Å². The summed E-state index contributed by atoms with van der Waals surface area (Å²) in [5.41, 5.74) is 6.61. The summed E-state index contributed by atoms with van der Waals surface area (Å²) in [5, 5.41) is 3.89. The summed E-state index contributed by atoms with van der Waals surface area (Å²) >= 11 is 5.97. The maximum absolute atomic E-state index is 11.3. The molecule has 0 aliphatic carbocycles. The molecule has 21 heavy (non-hydrogen) atoms. The fraction of sp³-hybridized carbons (Fsp3) is 0.562. The number of carbonyl (C=O) groups excluding carboxylic acids is 1. The number of carbonyl (C=O) groups is 1. The van der Waals surface area contributed by atoms with E-state index in [4.69, 9.17) is 17.3 Å². The number of benzene rings is 1. The van der Waals surface area contributed by atoms with Crippen molar-refractivity contribution in [2.75, 3.05) is 25.0 Å². The topological polar surface area (TPSA) is 58.4 Å². The Morgan fingerprint density at radius 3 is 2.67 bits per heavy atom. The van der Waals surface area contributed by atoms with Gasteiger partial charge in [0, 0.05) is 31.4 Å². The molecule has 0 unspecified atom stereocenters. The zero-order chi connectivity index (χ0) is 15.4. The molecule has 1 heterocycles. The lowest BCUT2D eigenvalue weighted by Gasteiger charge is -2.33. The van der Waals surface area contributed by atoms with E-state index in [1.165, 1.54) is 6.54 Å². The number of piperidine rings is 1. The number of nitrogens with one attached hydrogen (secondary N) is 1. The molecule has 0 aromatic heterocycles. The molecule has 1 aliphatic rings. The number of rotatable bonds is 5. The summed E-state index contributed by atoms with van der Waals surface area (Å²) in [6.45, 7) is 7.91. The fourth-order valence-electron chi connectivity index (χ4n) is 2.82. The van der Waals surface area contributed by atoms with Crippen LogP contribution >= 0.6 is 11.6 Å². The Kier molecular flexibility index (Phi) is 5.48. The zero-order valence-corrected chi connectivity index (χ0v) is 13.5. The number of halogens is 1. The van der Waals surface area contributed by atoms with Crippen LogP contribution in [-0.4, -0.2) is 36.5 Å². The minimum atomic E-state index is -0.490. The number of primary amides is 1. The van der Waals surface area contributed by atoms with Gasteiger partial charge in [0.05, 0.1) is 10.6 Å². The van der Waals surface area contributed by atoms with E-state index in [-0.39, 0.29) is 0 Å². The van der Waals surface area contributed by atoms with Crippen molar-refractivity contribution in [1.82, 2.24) is 4.90 Å². The Balaban J connectivity index is 1.92. The second-order valence-corrected chi connectivity index (χ2v) is 6.58. The fourth-order valence-corrected chi connectivity index (χ4v) is 3.03. The van der Waals surface area contributed by atoms with Gasteiger partial charge in [0.2, 0.25) is 5.91 Å². The van der Waals surface area contributed by atoms with Crippen molar-refractivity contribution in [3.8, 4) is 0 Å². The second-order valence-electron chi connectivity index (χ2n) is 6.17. The molecule has 4 nitrogen and oxygen atoms in total. The third-order valence-electron chi connectivity index (χ3n) is 3.81. The zero-order valence-electron chi connectivity index (χ0n) is 12.7. The Morgan fingerprint density at radius 1 is 1.43 bits per heavy atom. The maximum Gasteiger partial charge on any atom is 0.250 e. The van der Waals surface area contributed by atoms with E-state index < -0.39 is 5.91 Å². The van der Waals surface area contributed by atoms with Gasteiger partial charge in [0.15, 0.2) is 0 Å². The third kappa shape index (κ3) is 4.61. The van der Waals surface area contributed by atoms with E-state index in [0.717, 1.165) is 31.6 Å². The first kappa shape index (κ1) is 16.1. The molecule has 0 spiro atoms. The standard InChI is InChI=1S/C16H24ClN3O/c1-11(2)10-20-7-5-12(6-8-20)19-13-3-4-15(17)14(9-13)16(18)21/h3-4,9,11-12,19H,5-8,10H2,1-2H3,(H2,18,21). The first-order valence-corrected chi connectivity index (χ1v) is 7.91. The molecule has 1 aromatic carbocycles. The van der Waals surface area contributed by atoms with E-state index in [2.05, 4.69) is 24.1 Å². The number of likely N-dealkylation sites (tertiary alicyclic amines) is 1. The van der Waals surface area contributed by atoms with Gasteiger partial charge in [0.25, 0.3) is 0 Å². The second kappa shape index (κ2) is 7.14. The molecule has 0 radical (unpaired) electrons. The van der Waals surface area contributed by atoms with E-state index in [0.29, 0.717) is 22.5 Å². The van der Waals surface area contributed by atoms with Crippen LogP contribution < -0.4 is 11.1 Å². The highest BCUT2D eigenvalue weighted by molar-refractivity contribution is 6.33. The van der Waals surface area contributed by atoms with Gasteiger partial charge in [-0.15, -0.1) is 0 Å². The van der Waals surface area contributed by atoms with Gasteiger partial charge in [-0.1, -0.05) is 25.4 Å². The van der Waals surface area contributed by atoms with Crippen LogP contribution in [0.25, 0.3) is 0 Å². The number of amides is 1. The molecule has 0 atom stereocenters. The first-order valence-electron chi connectivity index (χ1n) is 7.54. The number of hydrogen-bond acceptors (Lipinski definition) is 3. The van der Waals surface area contributed by atoms with Crippen LogP contribution in [0.1, 0.15) is 37.0 Å². The molecular formula is C16H24ClN3O. The van der Waals surface area contributed by atoms with E-state index >= 15 is 0 Å². The molecular weight excluding hydrogens is 286 g/mol. The lowest BCUT2D eigenvalue weighted by molar-refractivity contribution is 0.100. The van der Waals surface area contributed by atoms with E-state index in [1.807, 2.05) is 6.07 Å². The predicted molar refractivity (Wildman–Crippen MR) is 87.9 cm³/mol. The Morgan fingerprint density at radius 2 is 2.10 bits per heavy atom. The summed E-state index contributed by atoms with van der Waals surface area (Å²) in [6.07, 6.45) is 2.22. The Bertz CT molecular complexity index is 496. The molecule has 1 aromatic rings. The molecule has 2 rings (SSSR count). The highest BCUT2D eigenvalue weighted by Crippen LogP contribution is 2.23. The van der Waals surface area contributed by atoms with E-state index in [9.17, 15) is 4.79 Å². The van der Waals surface area contributed by atoms with Crippen LogP contribution in [0.5, 0.6) is 0 Å².